The summed E-state index contributed by atoms with van der Waals surface area (Å²) in [7, 11) is 0. The highest BCUT2D eigenvalue weighted by molar-refractivity contribution is 5.85. The van der Waals surface area contributed by atoms with Gasteiger partial charge in [0.05, 0.1) is 5.52 Å². The van der Waals surface area contributed by atoms with Crippen LogP contribution in [0.15, 0.2) is 23.1 Å². The molecule has 0 spiro atoms. The van der Waals surface area contributed by atoms with Crippen molar-refractivity contribution in [1.82, 2.24) is 25.1 Å². The highest BCUT2D eigenvalue weighted by Gasteiger charge is 2.23. The number of nitrogens with one attached hydrogen (secondary N) is 2. The molecule has 3 aromatic rings. The zero-order chi connectivity index (χ0) is 14.8. The summed E-state index contributed by atoms with van der Waals surface area (Å²) in [6.45, 7) is 1.43. The predicted molar refractivity (Wildman–Crippen MR) is 78.3 cm³/mol. The molecule has 8 nitrogen and oxygen atoms in total. The van der Waals surface area contributed by atoms with E-state index in [0.717, 1.165) is 36.3 Å². The lowest BCUT2D eigenvalue weighted by atomic mass is 10.2. The summed E-state index contributed by atoms with van der Waals surface area (Å²) in [5.41, 5.74) is 1.79. The number of rotatable bonds is 5. The molecule has 0 bridgehead atoms. The number of fused-ring (bicyclic) bond motifs is 1. The van der Waals surface area contributed by atoms with Gasteiger partial charge in [0, 0.05) is 25.8 Å². The maximum atomic E-state index is 5.53. The first-order chi connectivity index (χ1) is 10.9. The molecule has 4 heterocycles. The number of hydrogen-bond donors (Lipinski definition) is 2. The van der Waals surface area contributed by atoms with Crippen LogP contribution in [0.1, 0.15) is 30.7 Å². The molecule has 0 saturated carbocycles. The molecule has 0 radical (unpaired) electrons. The van der Waals surface area contributed by atoms with Crippen LogP contribution in [0.25, 0.3) is 11.0 Å². The van der Waals surface area contributed by atoms with Crippen LogP contribution in [0.3, 0.4) is 0 Å². The molecule has 0 aliphatic carbocycles. The molecular formula is C14H16N6O2. The topological polar surface area (TPSA) is 102 Å². The molecule has 1 aliphatic rings. The van der Waals surface area contributed by atoms with Crippen molar-refractivity contribution in [3.63, 3.8) is 0 Å². The first-order valence-electron chi connectivity index (χ1n) is 7.36. The van der Waals surface area contributed by atoms with E-state index in [1.807, 2.05) is 12.3 Å². The predicted octanol–water partition coefficient (Wildman–Crippen LogP) is 1.85. The van der Waals surface area contributed by atoms with Crippen LogP contribution in [0, 0.1) is 0 Å². The van der Waals surface area contributed by atoms with E-state index in [4.69, 9.17) is 9.26 Å². The summed E-state index contributed by atoms with van der Waals surface area (Å²) in [4.78, 5) is 15.9. The normalized spacial score (nSPS) is 18.1. The van der Waals surface area contributed by atoms with Gasteiger partial charge in [-0.05, 0) is 18.9 Å². The Morgan fingerprint density at radius 3 is 3.27 bits per heavy atom. The van der Waals surface area contributed by atoms with Gasteiger partial charge in [0.1, 0.15) is 17.9 Å². The van der Waals surface area contributed by atoms with Crippen molar-refractivity contribution in [2.24, 2.45) is 0 Å². The van der Waals surface area contributed by atoms with E-state index in [0.29, 0.717) is 24.7 Å². The van der Waals surface area contributed by atoms with E-state index in [-0.39, 0.29) is 6.10 Å². The first kappa shape index (κ1) is 13.2. The van der Waals surface area contributed by atoms with Crippen LogP contribution in [0.4, 0.5) is 5.82 Å². The van der Waals surface area contributed by atoms with Gasteiger partial charge >= 0.3 is 0 Å². The van der Waals surface area contributed by atoms with Crippen molar-refractivity contribution < 1.29 is 9.26 Å². The summed E-state index contributed by atoms with van der Waals surface area (Å²) >= 11 is 0. The minimum Gasteiger partial charge on any atom is -0.368 e. The molecule has 1 atom stereocenters. The largest absolute Gasteiger partial charge is 0.368 e. The minimum atomic E-state index is -0.0328. The molecule has 1 aliphatic heterocycles. The fraction of sp³-hybridized carbons (Fsp3) is 0.429. The second-order valence-electron chi connectivity index (χ2n) is 5.19. The Kier molecular flexibility index (Phi) is 3.43. The van der Waals surface area contributed by atoms with Gasteiger partial charge < -0.3 is 19.6 Å². The third kappa shape index (κ3) is 2.52. The zero-order valence-corrected chi connectivity index (χ0v) is 12.0. The second kappa shape index (κ2) is 5.72. The number of aromatic amines is 1. The number of ether oxygens (including phenoxy) is 1. The van der Waals surface area contributed by atoms with Crippen molar-refractivity contribution in [2.75, 3.05) is 18.5 Å². The van der Waals surface area contributed by atoms with Gasteiger partial charge in [0.2, 0.25) is 0 Å². The molecule has 3 aromatic heterocycles. The number of nitrogens with zero attached hydrogens (tertiary/aromatic N) is 4. The van der Waals surface area contributed by atoms with Gasteiger partial charge in [0.25, 0.3) is 5.89 Å². The van der Waals surface area contributed by atoms with E-state index in [1.54, 1.807) is 6.33 Å². The molecule has 0 aromatic carbocycles. The summed E-state index contributed by atoms with van der Waals surface area (Å²) in [5.74, 6) is 2.04. The molecule has 114 valence electrons. The fourth-order valence-corrected chi connectivity index (χ4v) is 2.57. The Morgan fingerprint density at radius 1 is 1.36 bits per heavy atom. The third-order valence-electron chi connectivity index (χ3n) is 3.68. The monoisotopic (exact) mass is 300 g/mol. The Morgan fingerprint density at radius 2 is 2.36 bits per heavy atom. The molecule has 4 rings (SSSR count). The summed E-state index contributed by atoms with van der Waals surface area (Å²) in [6, 6.07) is 1.91. The molecule has 2 N–H and O–H groups in total. The Hall–Kier alpha value is -2.48. The SMILES string of the molecule is c1nc(NCCc2noc(C3CCCO3)n2)c2[nH]ccc2n1. The molecule has 22 heavy (non-hydrogen) atoms. The smallest absolute Gasteiger partial charge is 0.255 e. The highest BCUT2D eigenvalue weighted by atomic mass is 16.5. The van der Waals surface area contributed by atoms with Crippen LogP contribution >= 0.6 is 0 Å². The van der Waals surface area contributed by atoms with Crippen molar-refractivity contribution in [1.29, 1.82) is 0 Å². The van der Waals surface area contributed by atoms with Crippen molar-refractivity contribution in [2.45, 2.75) is 25.4 Å². The van der Waals surface area contributed by atoms with Crippen LogP contribution in [-0.2, 0) is 11.2 Å². The summed E-state index contributed by atoms with van der Waals surface area (Å²) < 4.78 is 10.8. The standard InChI is InChI=1S/C14H16N6O2/c1-2-10(21-7-1)14-19-11(20-22-14)4-6-16-13-12-9(3-5-15-12)17-8-18-13/h3,5,8,10,15H,1-2,4,6-7H2,(H,16,17,18). The third-order valence-corrected chi connectivity index (χ3v) is 3.68. The van der Waals surface area contributed by atoms with E-state index in [1.165, 1.54) is 0 Å². The highest BCUT2D eigenvalue weighted by Crippen LogP contribution is 2.26. The molecule has 0 amide bonds. The van der Waals surface area contributed by atoms with Crippen LogP contribution < -0.4 is 5.32 Å². The lowest BCUT2D eigenvalue weighted by Crippen LogP contribution is -2.08. The number of anilines is 1. The fourth-order valence-electron chi connectivity index (χ4n) is 2.57. The average Bonchev–Trinajstić information content (AvgIpc) is 3.28. The van der Waals surface area contributed by atoms with Crippen molar-refractivity contribution in [3.05, 3.63) is 30.3 Å². The van der Waals surface area contributed by atoms with Gasteiger partial charge in [-0.2, -0.15) is 4.98 Å². The van der Waals surface area contributed by atoms with Gasteiger partial charge in [-0.1, -0.05) is 5.16 Å². The lowest BCUT2D eigenvalue weighted by molar-refractivity contribution is 0.0835. The molecule has 1 fully saturated rings. The van der Waals surface area contributed by atoms with E-state index < -0.39 is 0 Å². The van der Waals surface area contributed by atoms with Crippen molar-refractivity contribution in [3.8, 4) is 0 Å². The van der Waals surface area contributed by atoms with Crippen LogP contribution in [0.2, 0.25) is 0 Å². The number of aromatic nitrogens is 5. The Bertz CT molecular complexity index is 761. The lowest BCUT2D eigenvalue weighted by Gasteiger charge is -2.04. The molecular weight excluding hydrogens is 284 g/mol. The second-order valence-corrected chi connectivity index (χ2v) is 5.19. The van der Waals surface area contributed by atoms with Gasteiger partial charge in [-0.3, -0.25) is 0 Å². The maximum Gasteiger partial charge on any atom is 0.255 e. The number of hydrogen-bond acceptors (Lipinski definition) is 7. The van der Waals surface area contributed by atoms with Crippen molar-refractivity contribution >= 4 is 16.9 Å². The maximum absolute atomic E-state index is 5.53. The summed E-state index contributed by atoms with van der Waals surface area (Å²) in [5, 5.41) is 7.26. The molecule has 8 heteroatoms. The van der Waals surface area contributed by atoms with E-state index in [9.17, 15) is 0 Å². The van der Waals surface area contributed by atoms with Crippen LogP contribution in [0.5, 0.6) is 0 Å². The van der Waals surface area contributed by atoms with E-state index in [2.05, 4.69) is 30.4 Å². The van der Waals surface area contributed by atoms with Crippen LogP contribution in [-0.4, -0.2) is 38.2 Å². The Labute approximate surface area is 126 Å². The number of H-pyrrole nitrogens is 1. The molecule has 1 saturated heterocycles. The zero-order valence-electron chi connectivity index (χ0n) is 12.0. The van der Waals surface area contributed by atoms with E-state index >= 15 is 0 Å². The molecule has 1 unspecified atom stereocenters. The quantitative estimate of drug-likeness (QED) is 0.741. The average molecular weight is 300 g/mol. The van der Waals surface area contributed by atoms with Gasteiger partial charge in [-0.15, -0.1) is 0 Å². The summed E-state index contributed by atoms with van der Waals surface area (Å²) in [6.07, 6.45) is 6.01. The first-order valence-corrected chi connectivity index (χ1v) is 7.36. The van der Waals surface area contributed by atoms with Gasteiger partial charge in [0.15, 0.2) is 11.6 Å². The Balaban J connectivity index is 1.38. The van der Waals surface area contributed by atoms with Gasteiger partial charge in [-0.25, -0.2) is 9.97 Å². The minimum absolute atomic E-state index is 0.0328.